The Labute approximate surface area is 118 Å². The predicted octanol–water partition coefficient (Wildman–Crippen LogP) is -0.529. The highest BCUT2D eigenvalue weighted by atomic mass is 32.2. The van der Waals surface area contributed by atoms with Crippen LogP contribution >= 0.6 is 0 Å². The molecular formula is C12H18N2O5S. The molecule has 0 aliphatic carbocycles. The number of benzene rings is 1. The molecular weight excluding hydrogens is 284 g/mol. The fourth-order valence-electron chi connectivity index (χ4n) is 1.50. The molecule has 0 radical (unpaired) electrons. The molecule has 0 aliphatic heterocycles. The van der Waals surface area contributed by atoms with Gasteiger partial charge < -0.3 is 15.2 Å². The summed E-state index contributed by atoms with van der Waals surface area (Å²) in [5, 5.41) is 11.3. The van der Waals surface area contributed by atoms with Crippen LogP contribution in [0.2, 0.25) is 0 Å². The van der Waals surface area contributed by atoms with Gasteiger partial charge in [0.15, 0.2) is 0 Å². The second-order valence-electron chi connectivity index (χ2n) is 3.88. The van der Waals surface area contributed by atoms with E-state index < -0.39 is 28.6 Å². The van der Waals surface area contributed by atoms with Gasteiger partial charge in [-0.3, -0.25) is 4.79 Å². The molecule has 112 valence electrons. The minimum absolute atomic E-state index is 0.0363. The molecule has 7 nitrogen and oxygen atoms in total. The van der Waals surface area contributed by atoms with Crippen LogP contribution < -0.4 is 14.8 Å². The fourth-order valence-corrected chi connectivity index (χ4v) is 2.72. The Balaban J connectivity index is 2.98. The van der Waals surface area contributed by atoms with Crippen molar-refractivity contribution in [3.63, 3.8) is 0 Å². The molecule has 0 heterocycles. The SMILES string of the molecule is CCOc1cccc(S(=O)(=O)N[C@H](CO)C(=O)NC)c1. The van der Waals surface area contributed by atoms with Gasteiger partial charge in [0, 0.05) is 13.1 Å². The standard InChI is InChI=1S/C12H18N2O5S/c1-3-19-9-5-4-6-10(7-9)20(17,18)14-11(8-15)12(16)13-2/h4-7,11,14-15H,3,8H2,1-2H3,(H,13,16)/t11-/m1/s1. The first-order valence-electron chi connectivity index (χ1n) is 6.02. The number of aliphatic hydroxyl groups excluding tert-OH is 1. The van der Waals surface area contributed by atoms with Crippen LogP contribution in [0.25, 0.3) is 0 Å². The molecule has 0 saturated carbocycles. The number of hydrogen-bond donors (Lipinski definition) is 3. The first-order valence-corrected chi connectivity index (χ1v) is 7.50. The van der Waals surface area contributed by atoms with E-state index in [9.17, 15) is 13.2 Å². The van der Waals surface area contributed by atoms with Crippen LogP contribution in [-0.2, 0) is 14.8 Å². The molecule has 1 amide bonds. The normalized spacial score (nSPS) is 12.8. The smallest absolute Gasteiger partial charge is 0.241 e. The summed E-state index contributed by atoms with van der Waals surface area (Å²) in [6.45, 7) is 1.56. The molecule has 0 saturated heterocycles. The minimum Gasteiger partial charge on any atom is -0.494 e. The number of amides is 1. The van der Waals surface area contributed by atoms with Crippen molar-refractivity contribution in [2.24, 2.45) is 0 Å². The van der Waals surface area contributed by atoms with Crippen molar-refractivity contribution in [2.75, 3.05) is 20.3 Å². The lowest BCUT2D eigenvalue weighted by Crippen LogP contribution is -2.47. The highest BCUT2D eigenvalue weighted by Gasteiger charge is 2.24. The highest BCUT2D eigenvalue weighted by molar-refractivity contribution is 7.89. The number of ether oxygens (including phenoxy) is 1. The monoisotopic (exact) mass is 302 g/mol. The lowest BCUT2D eigenvalue weighted by atomic mass is 10.3. The van der Waals surface area contributed by atoms with Crippen molar-refractivity contribution in [1.29, 1.82) is 0 Å². The molecule has 0 unspecified atom stereocenters. The molecule has 0 fully saturated rings. The number of likely N-dealkylation sites (N-methyl/N-ethyl adjacent to an activating group) is 1. The molecule has 0 spiro atoms. The van der Waals surface area contributed by atoms with Crippen molar-refractivity contribution >= 4 is 15.9 Å². The van der Waals surface area contributed by atoms with Crippen LogP contribution in [-0.4, -0.2) is 45.7 Å². The minimum atomic E-state index is -3.92. The Morgan fingerprint density at radius 3 is 2.70 bits per heavy atom. The third-order valence-electron chi connectivity index (χ3n) is 2.47. The maximum atomic E-state index is 12.1. The molecule has 0 aliphatic rings. The molecule has 1 atom stereocenters. The van der Waals surface area contributed by atoms with E-state index in [1.165, 1.54) is 25.2 Å². The summed E-state index contributed by atoms with van der Waals surface area (Å²) in [5.74, 6) is -0.201. The lowest BCUT2D eigenvalue weighted by molar-refractivity contribution is -0.123. The van der Waals surface area contributed by atoms with Crippen LogP contribution in [0, 0.1) is 0 Å². The molecule has 1 aromatic rings. The Bertz CT molecular complexity index is 559. The molecule has 20 heavy (non-hydrogen) atoms. The fraction of sp³-hybridized carbons (Fsp3) is 0.417. The van der Waals surface area contributed by atoms with Gasteiger partial charge in [0.1, 0.15) is 11.8 Å². The summed E-state index contributed by atoms with van der Waals surface area (Å²) < 4.78 is 31.6. The summed E-state index contributed by atoms with van der Waals surface area (Å²) in [4.78, 5) is 11.4. The van der Waals surface area contributed by atoms with Crippen LogP contribution in [0.5, 0.6) is 5.75 Å². The van der Waals surface area contributed by atoms with Gasteiger partial charge in [-0.1, -0.05) is 6.07 Å². The molecule has 0 aromatic heterocycles. The number of aliphatic hydroxyl groups is 1. The Morgan fingerprint density at radius 1 is 1.45 bits per heavy atom. The van der Waals surface area contributed by atoms with Gasteiger partial charge >= 0.3 is 0 Å². The third kappa shape index (κ3) is 4.19. The second kappa shape index (κ2) is 7.22. The highest BCUT2D eigenvalue weighted by Crippen LogP contribution is 2.17. The van der Waals surface area contributed by atoms with E-state index in [1.807, 2.05) is 0 Å². The first kappa shape index (κ1) is 16.4. The van der Waals surface area contributed by atoms with Crippen molar-refractivity contribution in [3.05, 3.63) is 24.3 Å². The van der Waals surface area contributed by atoms with Gasteiger partial charge in [-0.05, 0) is 19.1 Å². The molecule has 0 bridgehead atoms. The summed E-state index contributed by atoms with van der Waals surface area (Å²) in [5.41, 5.74) is 0. The molecule has 8 heteroatoms. The van der Waals surface area contributed by atoms with Gasteiger partial charge in [0.05, 0.1) is 18.1 Å². The van der Waals surface area contributed by atoms with Gasteiger partial charge in [-0.15, -0.1) is 0 Å². The number of hydrogen-bond acceptors (Lipinski definition) is 5. The van der Waals surface area contributed by atoms with Gasteiger partial charge in [-0.2, -0.15) is 4.72 Å². The molecule has 1 aromatic carbocycles. The largest absolute Gasteiger partial charge is 0.494 e. The Hall–Kier alpha value is -1.64. The average molecular weight is 302 g/mol. The van der Waals surface area contributed by atoms with Crippen molar-refractivity contribution in [2.45, 2.75) is 17.9 Å². The number of nitrogens with one attached hydrogen (secondary N) is 2. The van der Waals surface area contributed by atoms with E-state index in [4.69, 9.17) is 9.84 Å². The van der Waals surface area contributed by atoms with Crippen molar-refractivity contribution in [3.8, 4) is 5.75 Å². The second-order valence-corrected chi connectivity index (χ2v) is 5.59. The summed E-state index contributed by atoms with van der Waals surface area (Å²) in [6.07, 6.45) is 0. The maximum Gasteiger partial charge on any atom is 0.241 e. The van der Waals surface area contributed by atoms with Gasteiger partial charge in [0.2, 0.25) is 15.9 Å². The zero-order valence-corrected chi connectivity index (χ0v) is 12.1. The van der Waals surface area contributed by atoms with Crippen molar-refractivity contribution < 1.29 is 23.1 Å². The number of carbonyl (C=O) groups is 1. The third-order valence-corrected chi connectivity index (χ3v) is 3.94. The lowest BCUT2D eigenvalue weighted by Gasteiger charge is -2.15. The Morgan fingerprint density at radius 2 is 2.15 bits per heavy atom. The first-order chi connectivity index (χ1) is 9.44. The van der Waals surface area contributed by atoms with Crippen LogP contribution in [0.4, 0.5) is 0 Å². The van der Waals surface area contributed by atoms with E-state index in [0.29, 0.717) is 12.4 Å². The van der Waals surface area contributed by atoms with E-state index in [1.54, 1.807) is 13.0 Å². The number of rotatable bonds is 7. The zero-order valence-electron chi connectivity index (χ0n) is 11.3. The summed E-state index contributed by atoms with van der Waals surface area (Å²) >= 11 is 0. The Kier molecular flexibility index (Phi) is 5.93. The van der Waals surface area contributed by atoms with Gasteiger partial charge in [-0.25, -0.2) is 8.42 Å². The topological polar surface area (TPSA) is 105 Å². The predicted molar refractivity (Wildman–Crippen MR) is 72.9 cm³/mol. The quantitative estimate of drug-likeness (QED) is 0.628. The van der Waals surface area contributed by atoms with Gasteiger partial charge in [0.25, 0.3) is 0 Å². The van der Waals surface area contributed by atoms with Crippen molar-refractivity contribution in [1.82, 2.24) is 10.0 Å². The van der Waals surface area contributed by atoms with E-state index in [2.05, 4.69) is 10.0 Å². The maximum absolute atomic E-state index is 12.1. The summed E-state index contributed by atoms with van der Waals surface area (Å²) in [6, 6.07) is 4.66. The van der Waals surface area contributed by atoms with E-state index in [0.717, 1.165) is 0 Å². The number of carbonyl (C=O) groups excluding carboxylic acids is 1. The van der Waals surface area contributed by atoms with Crippen LogP contribution in [0.3, 0.4) is 0 Å². The van der Waals surface area contributed by atoms with E-state index in [-0.39, 0.29) is 4.90 Å². The molecule has 3 N–H and O–H groups in total. The zero-order chi connectivity index (χ0) is 15.2. The average Bonchev–Trinajstić information content (AvgIpc) is 2.44. The summed E-state index contributed by atoms with van der Waals surface area (Å²) in [7, 11) is -2.56. The molecule has 1 rings (SSSR count). The van der Waals surface area contributed by atoms with Crippen LogP contribution in [0.15, 0.2) is 29.2 Å². The number of sulfonamides is 1. The van der Waals surface area contributed by atoms with Crippen LogP contribution in [0.1, 0.15) is 6.92 Å². The van der Waals surface area contributed by atoms with E-state index >= 15 is 0 Å².